The van der Waals surface area contributed by atoms with E-state index >= 15 is 0 Å². The predicted molar refractivity (Wildman–Crippen MR) is 91.3 cm³/mol. The van der Waals surface area contributed by atoms with E-state index in [-0.39, 0.29) is 5.91 Å². The van der Waals surface area contributed by atoms with Crippen LogP contribution in [0.4, 0.5) is 0 Å². The van der Waals surface area contributed by atoms with E-state index in [1.165, 1.54) is 11.1 Å². The van der Waals surface area contributed by atoms with Crippen molar-refractivity contribution in [2.45, 2.75) is 13.3 Å². The Kier molecular flexibility index (Phi) is 4.88. The zero-order valence-electron chi connectivity index (χ0n) is 13.4. The van der Waals surface area contributed by atoms with E-state index in [4.69, 9.17) is 0 Å². The van der Waals surface area contributed by atoms with Gasteiger partial charge in [0.25, 0.3) is 0 Å². The van der Waals surface area contributed by atoms with Gasteiger partial charge in [-0.1, -0.05) is 24.3 Å². The molecule has 0 spiro atoms. The molecular weight excluding hydrogens is 288 g/mol. The number of carbonyl (C=O) groups excluding carboxylic acids is 1. The number of hydrogen-bond donors (Lipinski definition) is 1. The van der Waals surface area contributed by atoms with Gasteiger partial charge in [0.15, 0.2) is 0 Å². The molecule has 1 aromatic heterocycles. The topological polar surface area (TPSA) is 50.2 Å². The van der Waals surface area contributed by atoms with E-state index in [1.807, 2.05) is 29.1 Å². The highest BCUT2D eigenvalue weighted by Gasteiger charge is 2.14. The Labute approximate surface area is 136 Å². The monoisotopic (exact) mass is 310 g/mol. The number of amides is 1. The van der Waals surface area contributed by atoms with Crippen LogP contribution in [0.5, 0.6) is 0 Å². The molecule has 5 nitrogen and oxygen atoms in total. The Morgan fingerprint density at radius 1 is 1.30 bits per heavy atom. The van der Waals surface area contributed by atoms with Crippen molar-refractivity contribution in [3.63, 3.8) is 0 Å². The second kappa shape index (κ2) is 7.24. The number of rotatable bonds is 5. The molecule has 1 aliphatic heterocycles. The van der Waals surface area contributed by atoms with Gasteiger partial charge in [-0.2, -0.15) is 5.10 Å². The van der Waals surface area contributed by atoms with Gasteiger partial charge in [-0.15, -0.1) is 0 Å². The third-order valence-electron chi connectivity index (χ3n) is 4.07. The van der Waals surface area contributed by atoms with Gasteiger partial charge in [0, 0.05) is 44.9 Å². The minimum Gasteiger partial charge on any atom is -0.355 e. The molecule has 0 fully saturated rings. The number of nitrogens with zero attached hydrogens (tertiary/aromatic N) is 3. The number of nitrogens with one attached hydrogen (secondary N) is 1. The summed E-state index contributed by atoms with van der Waals surface area (Å²) in [6.45, 7) is 5.10. The van der Waals surface area contributed by atoms with Crippen LogP contribution in [0.25, 0.3) is 11.3 Å². The molecule has 0 saturated carbocycles. The number of para-hydroxylation sites is 1. The highest BCUT2D eigenvalue weighted by Crippen LogP contribution is 2.22. The molecule has 5 heteroatoms. The molecule has 2 heterocycles. The van der Waals surface area contributed by atoms with Crippen LogP contribution in [0.15, 0.2) is 48.8 Å². The predicted octanol–water partition coefficient (Wildman–Crippen LogP) is 2.10. The fourth-order valence-electron chi connectivity index (χ4n) is 2.78. The van der Waals surface area contributed by atoms with Gasteiger partial charge in [0.05, 0.1) is 11.9 Å². The zero-order chi connectivity index (χ0) is 16.1. The molecule has 1 N–H and O–H groups in total. The lowest BCUT2D eigenvalue weighted by Crippen LogP contribution is -2.36. The Morgan fingerprint density at radius 3 is 2.83 bits per heavy atom. The average molecular weight is 310 g/mol. The Morgan fingerprint density at radius 2 is 2.13 bits per heavy atom. The molecule has 1 aromatic carbocycles. The van der Waals surface area contributed by atoms with Crippen molar-refractivity contribution in [2.75, 3.05) is 26.2 Å². The smallest absolute Gasteiger partial charge is 0.216 e. The van der Waals surface area contributed by atoms with Gasteiger partial charge in [0.2, 0.25) is 5.91 Å². The molecule has 0 unspecified atom stereocenters. The minimum atomic E-state index is 0.0339. The largest absolute Gasteiger partial charge is 0.355 e. The van der Waals surface area contributed by atoms with Crippen molar-refractivity contribution in [3.05, 3.63) is 54.4 Å². The molecule has 0 atom stereocenters. The van der Waals surface area contributed by atoms with E-state index in [0.29, 0.717) is 6.54 Å². The second-order valence-corrected chi connectivity index (χ2v) is 5.77. The third kappa shape index (κ3) is 4.07. The van der Waals surface area contributed by atoms with Gasteiger partial charge in [0.1, 0.15) is 0 Å². The minimum absolute atomic E-state index is 0.0339. The van der Waals surface area contributed by atoms with Crippen LogP contribution in [0.3, 0.4) is 0 Å². The first-order chi connectivity index (χ1) is 11.2. The Bertz CT molecular complexity index is 690. The quantitative estimate of drug-likeness (QED) is 0.920. The van der Waals surface area contributed by atoms with Crippen molar-refractivity contribution < 1.29 is 4.79 Å². The van der Waals surface area contributed by atoms with E-state index < -0.39 is 0 Å². The Balaban J connectivity index is 1.60. The first-order valence-electron chi connectivity index (χ1n) is 7.98. The lowest BCUT2D eigenvalue weighted by Gasteiger charge is -2.25. The third-order valence-corrected chi connectivity index (χ3v) is 4.07. The maximum absolute atomic E-state index is 10.9. The molecule has 0 radical (unpaired) electrons. The van der Waals surface area contributed by atoms with E-state index in [0.717, 1.165) is 31.7 Å². The van der Waals surface area contributed by atoms with E-state index in [9.17, 15) is 4.79 Å². The molecule has 0 aliphatic carbocycles. The SMILES string of the molecule is CC(=O)NCCN1CC=C(c2cnn(-c3ccccc3)c2)CC1. The summed E-state index contributed by atoms with van der Waals surface area (Å²) in [6.07, 6.45) is 7.31. The fourth-order valence-corrected chi connectivity index (χ4v) is 2.78. The summed E-state index contributed by atoms with van der Waals surface area (Å²) in [6, 6.07) is 10.1. The van der Waals surface area contributed by atoms with Crippen LogP contribution in [0, 0.1) is 0 Å². The summed E-state index contributed by atoms with van der Waals surface area (Å²) < 4.78 is 1.92. The maximum atomic E-state index is 10.9. The van der Waals surface area contributed by atoms with Crippen LogP contribution in [0.2, 0.25) is 0 Å². The number of benzene rings is 1. The van der Waals surface area contributed by atoms with Gasteiger partial charge in [-0.05, 0) is 24.1 Å². The molecule has 120 valence electrons. The normalized spacial score (nSPS) is 15.3. The lowest BCUT2D eigenvalue weighted by molar-refractivity contribution is -0.119. The van der Waals surface area contributed by atoms with Crippen LogP contribution < -0.4 is 5.32 Å². The molecule has 1 aliphatic rings. The van der Waals surface area contributed by atoms with Crippen molar-refractivity contribution in [1.82, 2.24) is 20.0 Å². The van der Waals surface area contributed by atoms with Crippen LogP contribution in [-0.2, 0) is 4.79 Å². The summed E-state index contributed by atoms with van der Waals surface area (Å²) in [5, 5.41) is 7.31. The summed E-state index contributed by atoms with van der Waals surface area (Å²) in [5.74, 6) is 0.0339. The van der Waals surface area contributed by atoms with Gasteiger partial charge in [-0.3, -0.25) is 9.69 Å². The molecule has 0 bridgehead atoms. The lowest BCUT2D eigenvalue weighted by atomic mass is 10.0. The summed E-state index contributed by atoms with van der Waals surface area (Å²) in [5.41, 5.74) is 3.62. The van der Waals surface area contributed by atoms with Crippen LogP contribution in [0.1, 0.15) is 18.9 Å². The number of carbonyl (C=O) groups is 1. The molecule has 3 rings (SSSR count). The highest BCUT2D eigenvalue weighted by molar-refractivity contribution is 5.72. The fraction of sp³-hybridized carbons (Fsp3) is 0.333. The summed E-state index contributed by atoms with van der Waals surface area (Å²) >= 11 is 0. The number of hydrogen-bond acceptors (Lipinski definition) is 3. The highest BCUT2D eigenvalue weighted by atomic mass is 16.1. The maximum Gasteiger partial charge on any atom is 0.216 e. The van der Waals surface area contributed by atoms with Gasteiger partial charge >= 0.3 is 0 Å². The Hall–Kier alpha value is -2.40. The second-order valence-electron chi connectivity index (χ2n) is 5.77. The molecule has 0 saturated heterocycles. The van der Waals surface area contributed by atoms with E-state index in [1.54, 1.807) is 6.92 Å². The van der Waals surface area contributed by atoms with Gasteiger partial charge in [-0.25, -0.2) is 4.68 Å². The van der Waals surface area contributed by atoms with Crippen molar-refractivity contribution in [2.24, 2.45) is 0 Å². The average Bonchev–Trinajstić information content (AvgIpc) is 3.06. The van der Waals surface area contributed by atoms with Crippen molar-refractivity contribution in [1.29, 1.82) is 0 Å². The molecule has 1 amide bonds. The van der Waals surface area contributed by atoms with Gasteiger partial charge < -0.3 is 5.32 Å². The number of aromatic nitrogens is 2. The first kappa shape index (κ1) is 15.5. The van der Waals surface area contributed by atoms with Crippen LogP contribution in [-0.4, -0.2) is 46.8 Å². The van der Waals surface area contributed by atoms with E-state index in [2.05, 4.69) is 39.7 Å². The van der Waals surface area contributed by atoms with Crippen molar-refractivity contribution in [3.8, 4) is 5.69 Å². The zero-order valence-corrected chi connectivity index (χ0v) is 13.4. The van der Waals surface area contributed by atoms with Crippen LogP contribution >= 0.6 is 0 Å². The molecule has 2 aromatic rings. The molecular formula is C18H22N4O. The standard InChI is InChI=1S/C18H22N4O/c1-15(23)19-9-12-21-10-7-16(8-11-21)17-13-20-22(14-17)18-5-3-2-4-6-18/h2-7,13-14H,8-12H2,1H3,(H,19,23). The van der Waals surface area contributed by atoms with Crippen molar-refractivity contribution >= 4 is 11.5 Å². The molecule has 23 heavy (non-hydrogen) atoms. The summed E-state index contributed by atoms with van der Waals surface area (Å²) in [4.78, 5) is 13.2. The first-order valence-corrected chi connectivity index (χ1v) is 7.98. The summed E-state index contributed by atoms with van der Waals surface area (Å²) in [7, 11) is 0.